The summed E-state index contributed by atoms with van der Waals surface area (Å²) in [5.74, 6) is 0. The van der Waals surface area contributed by atoms with Crippen LogP contribution in [0.2, 0.25) is 0 Å². The Balaban J connectivity index is 3.00. The summed E-state index contributed by atoms with van der Waals surface area (Å²) >= 11 is 0. The van der Waals surface area contributed by atoms with Gasteiger partial charge in [-0.3, -0.25) is 20.2 Å². The number of benzene rings is 1. The average Bonchev–Trinajstić information content (AvgIpc) is 2.01. The standard InChI is InChI=1S/C8H8N2O4/c1-6-4-7(5-9(11)12)2-3-8(6)10(13)14/h2-4H,5H2,1H3. The van der Waals surface area contributed by atoms with Crippen LogP contribution in [-0.2, 0) is 6.54 Å². The van der Waals surface area contributed by atoms with Gasteiger partial charge in [-0.15, -0.1) is 0 Å². The summed E-state index contributed by atoms with van der Waals surface area (Å²) in [6.07, 6.45) is 0. The first-order valence-corrected chi connectivity index (χ1v) is 3.86. The highest BCUT2D eigenvalue weighted by Gasteiger charge is 2.11. The quantitative estimate of drug-likeness (QED) is 0.543. The highest BCUT2D eigenvalue weighted by molar-refractivity contribution is 5.41. The highest BCUT2D eigenvalue weighted by atomic mass is 16.6. The van der Waals surface area contributed by atoms with Gasteiger partial charge in [-0.25, -0.2) is 0 Å². The second-order valence-electron chi connectivity index (χ2n) is 2.87. The van der Waals surface area contributed by atoms with Crippen molar-refractivity contribution in [2.24, 2.45) is 0 Å². The summed E-state index contributed by atoms with van der Waals surface area (Å²) in [7, 11) is 0. The van der Waals surface area contributed by atoms with Gasteiger partial charge in [-0.2, -0.15) is 0 Å². The molecule has 0 radical (unpaired) electrons. The predicted octanol–water partition coefficient (Wildman–Crippen LogP) is 1.68. The van der Waals surface area contributed by atoms with Crippen LogP contribution in [0.15, 0.2) is 18.2 Å². The Hall–Kier alpha value is -1.98. The molecule has 0 saturated heterocycles. The molecule has 0 saturated carbocycles. The summed E-state index contributed by atoms with van der Waals surface area (Å²) < 4.78 is 0. The lowest BCUT2D eigenvalue weighted by Crippen LogP contribution is -1.99. The first kappa shape index (κ1) is 10.1. The van der Waals surface area contributed by atoms with Gasteiger partial charge in [-0.1, -0.05) is 0 Å². The molecule has 0 bridgehead atoms. The summed E-state index contributed by atoms with van der Waals surface area (Å²) in [5.41, 5.74) is 0.893. The lowest BCUT2D eigenvalue weighted by atomic mass is 10.1. The minimum Gasteiger partial charge on any atom is -0.264 e. The van der Waals surface area contributed by atoms with E-state index in [1.807, 2.05) is 0 Å². The van der Waals surface area contributed by atoms with Gasteiger partial charge in [-0.05, 0) is 19.1 Å². The molecular weight excluding hydrogens is 188 g/mol. The van der Waals surface area contributed by atoms with Crippen LogP contribution in [0.3, 0.4) is 0 Å². The summed E-state index contributed by atoms with van der Waals surface area (Å²) in [4.78, 5) is 19.6. The minimum atomic E-state index is -0.509. The van der Waals surface area contributed by atoms with E-state index in [9.17, 15) is 20.2 Å². The Bertz CT molecular complexity index is 389. The Morgan fingerprint density at radius 3 is 2.36 bits per heavy atom. The molecule has 1 aromatic carbocycles. The number of hydrogen-bond acceptors (Lipinski definition) is 4. The van der Waals surface area contributed by atoms with Crippen molar-refractivity contribution in [1.82, 2.24) is 0 Å². The molecule has 0 aliphatic rings. The molecule has 1 aromatic rings. The summed E-state index contributed by atoms with van der Waals surface area (Å²) in [6.45, 7) is 1.25. The van der Waals surface area contributed by atoms with Crippen LogP contribution in [0.25, 0.3) is 0 Å². The van der Waals surface area contributed by atoms with Crippen LogP contribution >= 0.6 is 0 Å². The zero-order valence-corrected chi connectivity index (χ0v) is 7.47. The van der Waals surface area contributed by atoms with Crippen molar-refractivity contribution in [2.75, 3.05) is 0 Å². The topological polar surface area (TPSA) is 86.3 Å². The lowest BCUT2D eigenvalue weighted by Gasteiger charge is -1.98. The van der Waals surface area contributed by atoms with Crippen LogP contribution in [-0.4, -0.2) is 9.85 Å². The van der Waals surface area contributed by atoms with Gasteiger partial charge in [0.15, 0.2) is 0 Å². The molecular formula is C8H8N2O4. The fraction of sp³-hybridized carbons (Fsp3) is 0.250. The van der Waals surface area contributed by atoms with Crippen molar-refractivity contribution >= 4 is 5.69 Å². The van der Waals surface area contributed by atoms with Gasteiger partial charge in [0, 0.05) is 22.1 Å². The van der Waals surface area contributed by atoms with E-state index < -0.39 is 9.85 Å². The monoisotopic (exact) mass is 196 g/mol. The Morgan fingerprint density at radius 2 is 1.93 bits per heavy atom. The van der Waals surface area contributed by atoms with E-state index in [2.05, 4.69) is 0 Å². The van der Waals surface area contributed by atoms with E-state index in [1.165, 1.54) is 18.2 Å². The molecule has 0 heterocycles. The maximum Gasteiger partial charge on any atom is 0.272 e. The van der Waals surface area contributed by atoms with Crippen molar-refractivity contribution < 1.29 is 9.85 Å². The number of nitrogens with zero attached hydrogens (tertiary/aromatic N) is 2. The number of nitro groups is 2. The summed E-state index contributed by atoms with van der Waals surface area (Å²) in [6, 6.07) is 4.14. The molecule has 0 aromatic heterocycles. The minimum absolute atomic E-state index is 0.0166. The normalized spacial score (nSPS) is 9.79. The third kappa shape index (κ3) is 2.25. The molecule has 0 amide bonds. The van der Waals surface area contributed by atoms with Crippen LogP contribution in [0.5, 0.6) is 0 Å². The van der Waals surface area contributed by atoms with Crippen LogP contribution < -0.4 is 0 Å². The zero-order valence-electron chi connectivity index (χ0n) is 7.47. The van der Waals surface area contributed by atoms with Crippen molar-refractivity contribution in [3.05, 3.63) is 49.6 Å². The maximum absolute atomic E-state index is 10.4. The second-order valence-corrected chi connectivity index (χ2v) is 2.87. The third-order valence-corrected chi connectivity index (χ3v) is 1.77. The van der Waals surface area contributed by atoms with Crippen LogP contribution in [0.1, 0.15) is 11.1 Å². The van der Waals surface area contributed by atoms with Gasteiger partial charge in [0.1, 0.15) is 0 Å². The Labute approximate surface area is 79.5 Å². The SMILES string of the molecule is Cc1cc(C[N+](=O)[O-])ccc1[N+](=O)[O-]. The van der Waals surface area contributed by atoms with Crippen molar-refractivity contribution in [1.29, 1.82) is 0 Å². The predicted molar refractivity (Wildman–Crippen MR) is 48.5 cm³/mol. The molecule has 0 spiro atoms. The van der Waals surface area contributed by atoms with E-state index in [0.717, 1.165) is 0 Å². The van der Waals surface area contributed by atoms with Gasteiger partial charge in [0.2, 0.25) is 6.54 Å². The molecule has 1 rings (SSSR count). The van der Waals surface area contributed by atoms with Gasteiger partial charge in [0.05, 0.1) is 4.92 Å². The lowest BCUT2D eigenvalue weighted by molar-refractivity contribution is -0.496. The number of hydrogen-bond donors (Lipinski definition) is 0. The first-order chi connectivity index (χ1) is 6.50. The fourth-order valence-electron chi connectivity index (χ4n) is 1.17. The van der Waals surface area contributed by atoms with Crippen molar-refractivity contribution in [3.63, 3.8) is 0 Å². The first-order valence-electron chi connectivity index (χ1n) is 3.86. The average molecular weight is 196 g/mol. The van der Waals surface area contributed by atoms with Gasteiger partial charge < -0.3 is 0 Å². The van der Waals surface area contributed by atoms with E-state index in [4.69, 9.17) is 0 Å². The molecule has 74 valence electrons. The Morgan fingerprint density at radius 1 is 1.29 bits per heavy atom. The van der Waals surface area contributed by atoms with E-state index in [1.54, 1.807) is 6.92 Å². The van der Waals surface area contributed by atoms with Crippen molar-refractivity contribution in [2.45, 2.75) is 13.5 Å². The molecule has 0 aliphatic carbocycles. The molecule has 14 heavy (non-hydrogen) atoms. The molecule has 0 N–H and O–H groups in total. The van der Waals surface area contributed by atoms with Crippen LogP contribution in [0.4, 0.5) is 5.69 Å². The van der Waals surface area contributed by atoms with Crippen molar-refractivity contribution in [3.8, 4) is 0 Å². The van der Waals surface area contributed by atoms with E-state index in [0.29, 0.717) is 11.1 Å². The Kier molecular flexibility index (Phi) is 2.76. The third-order valence-electron chi connectivity index (χ3n) is 1.77. The van der Waals surface area contributed by atoms with Crippen LogP contribution in [0, 0.1) is 27.2 Å². The molecule has 6 heteroatoms. The zero-order chi connectivity index (χ0) is 10.7. The van der Waals surface area contributed by atoms with Gasteiger partial charge >= 0.3 is 0 Å². The smallest absolute Gasteiger partial charge is 0.264 e. The second kappa shape index (κ2) is 3.82. The summed E-state index contributed by atoms with van der Waals surface area (Å²) in [5, 5.41) is 20.6. The molecule has 6 nitrogen and oxygen atoms in total. The fourth-order valence-corrected chi connectivity index (χ4v) is 1.17. The molecule has 0 aliphatic heterocycles. The van der Waals surface area contributed by atoms with Gasteiger partial charge in [0.25, 0.3) is 5.69 Å². The van der Waals surface area contributed by atoms with E-state index >= 15 is 0 Å². The largest absolute Gasteiger partial charge is 0.272 e. The maximum atomic E-state index is 10.4. The number of aryl methyl sites for hydroxylation is 1. The molecule has 0 atom stereocenters. The molecule has 0 fully saturated rings. The number of nitro benzene ring substituents is 1. The molecule has 0 unspecified atom stereocenters. The number of rotatable bonds is 3. The van der Waals surface area contributed by atoms with E-state index in [-0.39, 0.29) is 12.2 Å². The highest BCUT2D eigenvalue weighted by Crippen LogP contribution is 2.18.